The van der Waals surface area contributed by atoms with Crippen LogP contribution in [0.4, 0.5) is 0 Å². The van der Waals surface area contributed by atoms with Crippen LogP contribution >= 0.6 is 24.0 Å². The van der Waals surface area contributed by atoms with Crippen molar-refractivity contribution in [2.75, 3.05) is 6.61 Å². The molecule has 13 heavy (non-hydrogen) atoms. The Hall–Kier alpha value is -0.280. The van der Waals surface area contributed by atoms with Gasteiger partial charge in [-0.1, -0.05) is 23.7 Å². The fraction of sp³-hybridized carbons (Fsp3) is 0.333. The summed E-state index contributed by atoms with van der Waals surface area (Å²) in [7, 11) is 0. The standard InChI is InChI=1S/C9H12ClNO.ClH/c10-8-3-1-7(2-4-8)9(11)5-6-12;/h1-4,9,12H,5-6,11H2;1H/t9-;/m0./s1. The second-order valence-electron chi connectivity index (χ2n) is 2.67. The Kier molecular flexibility index (Phi) is 6.08. The van der Waals surface area contributed by atoms with E-state index in [0.29, 0.717) is 11.4 Å². The van der Waals surface area contributed by atoms with Crippen molar-refractivity contribution in [3.8, 4) is 0 Å². The highest BCUT2D eigenvalue weighted by Gasteiger charge is 2.03. The van der Waals surface area contributed by atoms with E-state index in [4.69, 9.17) is 22.4 Å². The van der Waals surface area contributed by atoms with Crippen LogP contribution in [0.1, 0.15) is 18.0 Å². The van der Waals surface area contributed by atoms with Gasteiger partial charge in [0.05, 0.1) is 0 Å². The summed E-state index contributed by atoms with van der Waals surface area (Å²) in [4.78, 5) is 0. The second kappa shape index (κ2) is 6.22. The van der Waals surface area contributed by atoms with Gasteiger partial charge in [0.1, 0.15) is 0 Å². The molecular formula is C9H13Cl2NO. The molecule has 74 valence electrons. The summed E-state index contributed by atoms with van der Waals surface area (Å²) in [6, 6.07) is 7.26. The van der Waals surface area contributed by atoms with Crippen LogP contribution < -0.4 is 5.73 Å². The molecule has 0 radical (unpaired) electrons. The third-order valence-electron chi connectivity index (χ3n) is 1.74. The normalized spacial score (nSPS) is 11.9. The molecule has 0 spiro atoms. The summed E-state index contributed by atoms with van der Waals surface area (Å²) in [6.07, 6.45) is 0.585. The molecule has 3 N–H and O–H groups in total. The Labute approximate surface area is 89.1 Å². The van der Waals surface area contributed by atoms with Gasteiger partial charge in [0.15, 0.2) is 0 Å². The molecule has 0 amide bonds. The second-order valence-corrected chi connectivity index (χ2v) is 3.11. The summed E-state index contributed by atoms with van der Waals surface area (Å²) in [5.74, 6) is 0. The maximum absolute atomic E-state index is 8.65. The molecule has 0 aromatic heterocycles. The number of rotatable bonds is 3. The number of benzene rings is 1. The van der Waals surface area contributed by atoms with Crippen molar-refractivity contribution in [3.63, 3.8) is 0 Å². The maximum Gasteiger partial charge on any atom is 0.0449 e. The first kappa shape index (κ1) is 12.7. The summed E-state index contributed by atoms with van der Waals surface area (Å²) in [6.45, 7) is 0.115. The predicted molar refractivity (Wildman–Crippen MR) is 57.3 cm³/mol. The highest BCUT2D eigenvalue weighted by atomic mass is 35.5. The number of hydrogen-bond donors (Lipinski definition) is 2. The van der Waals surface area contributed by atoms with Gasteiger partial charge in [0.2, 0.25) is 0 Å². The summed E-state index contributed by atoms with van der Waals surface area (Å²) in [5, 5.41) is 9.35. The van der Waals surface area contributed by atoms with Crippen LogP contribution in [-0.2, 0) is 0 Å². The van der Waals surface area contributed by atoms with Gasteiger partial charge in [-0.25, -0.2) is 0 Å². The van der Waals surface area contributed by atoms with Crippen molar-refractivity contribution in [1.29, 1.82) is 0 Å². The van der Waals surface area contributed by atoms with E-state index >= 15 is 0 Å². The minimum Gasteiger partial charge on any atom is -0.396 e. The van der Waals surface area contributed by atoms with Crippen LogP contribution in [0.2, 0.25) is 5.02 Å². The first-order chi connectivity index (χ1) is 5.74. The molecule has 4 heteroatoms. The fourth-order valence-electron chi connectivity index (χ4n) is 1.02. The van der Waals surface area contributed by atoms with Crippen molar-refractivity contribution in [3.05, 3.63) is 34.9 Å². The maximum atomic E-state index is 8.65. The number of nitrogens with two attached hydrogens (primary N) is 1. The van der Waals surface area contributed by atoms with E-state index in [1.807, 2.05) is 12.1 Å². The van der Waals surface area contributed by atoms with E-state index in [9.17, 15) is 0 Å². The molecule has 1 rings (SSSR count). The zero-order chi connectivity index (χ0) is 8.97. The lowest BCUT2D eigenvalue weighted by Gasteiger charge is -2.09. The molecule has 0 saturated heterocycles. The average Bonchev–Trinajstić information content (AvgIpc) is 2.06. The monoisotopic (exact) mass is 221 g/mol. The molecule has 0 fully saturated rings. The first-order valence-corrected chi connectivity index (χ1v) is 4.23. The van der Waals surface area contributed by atoms with Crippen LogP contribution in [0, 0.1) is 0 Å². The minimum absolute atomic E-state index is 0. The molecule has 1 aromatic rings. The number of aliphatic hydroxyl groups is 1. The van der Waals surface area contributed by atoms with Gasteiger partial charge < -0.3 is 10.8 Å². The summed E-state index contributed by atoms with van der Waals surface area (Å²) in [5.41, 5.74) is 6.76. The van der Waals surface area contributed by atoms with Crippen LogP contribution in [0.3, 0.4) is 0 Å². The molecule has 1 atom stereocenters. The van der Waals surface area contributed by atoms with E-state index in [-0.39, 0.29) is 25.1 Å². The molecule has 0 unspecified atom stereocenters. The van der Waals surface area contributed by atoms with Crippen molar-refractivity contribution in [2.24, 2.45) is 5.73 Å². The Balaban J connectivity index is 0.00000144. The van der Waals surface area contributed by atoms with Gasteiger partial charge in [0.25, 0.3) is 0 Å². The Bertz CT molecular complexity index is 238. The topological polar surface area (TPSA) is 46.2 Å². The van der Waals surface area contributed by atoms with Gasteiger partial charge in [-0.2, -0.15) is 0 Å². The lowest BCUT2D eigenvalue weighted by Crippen LogP contribution is -2.11. The Morgan fingerprint density at radius 3 is 2.31 bits per heavy atom. The molecule has 0 aliphatic carbocycles. The number of aliphatic hydroxyl groups excluding tert-OH is 1. The third kappa shape index (κ3) is 3.96. The van der Waals surface area contributed by atoms with Crippen molar-refractivity contribution in [1.82, 2.24) is 0 Å². The van der Waals surface area contributed by atoms with Crippen LogP contribution in [0.15, 0.2) is 24.3 Å². The van der Waals surface area contributed by atoms with Gasteiger partial charge in [-0.05, 0) is 24.1 Å². The van der Waals surface area contributed by atoms with Crippen molar-refractivity contribution in [2.45, 2.75) is 12.5 Å². The van der Waals surface area contributed by atoms with Gasteiger partial charge in [0, 0.05) is 17.7 Å². The van der Waals surface area contributed by atoms with Gasteiger partial charge >= 0.3 is 0 Å². The largest absolute Gasteiger partial charge is 0.396 e. The molecule has 0 heterocycles. The van der Waals surface area contributed by atoms with Crippen LogP contribution in [0.5, 0.6) is 0 Å². The SMILES string of the molecule is Cl.N[C@@H](CCO)c1ccc(Cl)cc1. The summed E-state index contributed by atoms with van der Waals surface area (Å²) < 4.78 is 0. The zero-order valence-electron chi connectivity index (χ0n) is 7.11. The lowest BCUT2D eigenvalue weighted by atomic mass is 10.1. The van der Waals surface area contributed by atoms with Crippen molar-refractivity contribution < 1.29 is 5.11 Å². The Morgan fingerprint density at radius 2 is 1.85 bits per heavy atom. The lowest BCUT2D eigenvalue weighted by molar-refractivity contribution is 0.276. The highest BCUT2D eigenvalue weighted by Crippen LogP contribution is 2.16. The van der Waals surface area contributed by atoms with E-state index in [2.05, 4.69) is 0 Å². The molecule has 0 bridgehead atoms. The van der Waals surface area contributed by atoms with E-state index < -0.39 is 0 Å². The molecule has 1 aromatic carbocycles. The molecule has 0 saturated carbocycles. The van der Waals surface area contributed by atoms with Gasteiger partial charge in [-0.15, -0.1) is 12.4 Å². The van der Waals surface area contributed by atoms with Crippen LogP contribution in [-0.4, -0.2) is 11.7 Å². The van der Waals surface area contributed by atoms with Gasteiger partial charge in [-0.3, -0.25) is 0 Å². The van der Waals surface area contributed by atoms with Crippen LogP contribution in [0.25, 0.3) is 0 Å². The first-order valence-electron chi connectivity index (χ1n) is 3.86. The smallest absolute Gasteiger partial charge is 0.0449 e. The molecule has 0 aliphatic heterocycles. The van der Waals surface area contributed by atoms with E-state index in [1.165, 1.54) is 0 Å². The average molecular weight is 222 g/mol. The number of hydrogen-bond acceptors (Lipinski definition) is 2. The molecular weight excluding hydrogens is 209 g/mol. The fourth-order valence-corrected chi connectivity index (χ4v) is 1.14. The molecule has 2 nitrogen and oxygen atoms in total. The third-order valence-corrected chi connectivity index (χ3v) is 1.99. The predicted octanol–water partition coefficient (Wildman–Crippen LogP) is 2.14. The Morgan fingerprint density at radius 1 is 1.31 bits per heavy atom. The van der Waals surface area contributed by atoms with Crippen molar-refractivity contribution >= 4 is 24.0 Å². The molecule has 0 aliphatic rings. The van der Waals surface area contributed by atoms with E-state index in [0.717, 1.165) is 5.56 Å². The number of halogens is 2. The minimum atomic E-state index is -0.0905. The highest BCUT2D eigenvalue weighted by molar-refractivity contribution is 6.30. The summed E-state index contributed by atoms with van der Waals surface area (Å²) >= 11 is 5.70. The van der Waals surface area contributed by atoms with E-state index in [1.54, 1.807) is 12.1 Å². The zero-order valence-corrected chi connectivity index (χ0v) is 8.68. The quantitative estimate of drug-likeness (QED) is 0.822.